The number of ether oxygens (including phenoxy) is 1. The highest BCUT2D eigenvalue weighted by Crippen LogP contribution is 2.21. The smallest absolute Gasteiger partial charge is 0.119 e. The van der Waals surface area contributed by atoms with E-state index in [-0.39, 0.29) is 0 Å². The van der Waals surface area contributed by atoms with Crippen LogP contribution in [0.5, 0.6) is 5.75 Å². The summed E-state index contributed by atoms with van der Waals surface area (Å²) in [6, 6.07) is 7.81. The van der Waals surface area contributed by atoms with Crippen LogP contribution in [0.1, 0.15) is 0 Å². The van der Waals surface area contributed by atoms with Crippen LogP contribution in [0.2, 0.25) is 0 Å². The van der Waals surface area contributed by atoms with Crippen LogP contribution in [-0.2, 0) is 0 Å². The lowest BCUT2D eigenvalue weighted by Crippen LogP contribution is -1.85. The molecule has 0 saturated carbocycles. The van der Waals surface area contributed by atoms with E-state index in [0.29, 0.717) is 0 Å². The van der Waals surface area contributed by atoms with Crippen LogP contribution >= 0.6 is 0 Å². The highest BCUT2D eigenvalue weighted by atomic mass is 16.5. The summed E-state index contributed by atoms with van der Waals surface area (Å²) >= 11 is 0. The van der Waals surface area contributed by atoms with Gasteiger partial charge in [0.15, 0.2) is 0 Å². The molecule has 2 aromatic rings. The zero-order valence-electron chi connectivity index (χ0n) is 7.84. The molecule has 0 bridgehead atoms. The number of benzene rings is 1. The van der Waals surface area contributed by atoms with Crippen LogP contribution in [0, 0.1) is 0 Å². The summed E-state index contributed by atoms with van der Waals surface area (Å²) in [6.07, 6.45) is 5.08. The van der Waals surface area contributed by atoms with Crippen molar-refractivity contribution in [1.29, 1.82) is 0 Å². The molecule has 0 spiro atoms. The normalized spacial score (nSPS) is 9.79. The predicted octanol–water partition coefficient (Wildman–Crippen LogP) is 2.15. The predicted molar refractivity (Wildman–Crippen MR) is 54.0 cm³/mol. The molecule has 0 aliphatic heterocycles. The number of aromatic nitrogens is 2. The topological polar surface area (TPSA) is 35.0 Å². The van der Waals surface area contributed by atoms with Crippen LogP contribution in [-0.4, -0.2) is 17.1 Å². The molecule has 0 amide bonds. The molecule has 0 N–H and O–H groups in total. The molecular weight excluding hydrogens is 176 g/mol. The quantitative estimate of drug-likeness (QED) is 0.720. The van der Waals surface area contributed by atoms with E-state index in [1.807, 2.05) is 24.3 Å². The van der Waals surface area contributed by atoms with Gasteiger partial charge in [-0.2, -0.15) is 0 Å². The van der Waals surface area contributed by atoms with Crippen molar-refractivity contribution in [2.75, 3.05) is 7.11 Å². The second-order valence-corrected chi connectivity index (χ2v) is 2.86. The maximum atomic E-state index is 5.14. The van der Waals surface area contributed by atoms with E-state index in [0.717, 1.165) is 16.9 Å². The van der Waals surface area contributed by atoms with Gasteiger partial charge in [0.1, 0.15) is 12.1 Å². The van der Waals surface area contributed by atoms with Crippen molar-refractivity contribution in [3.05, 3.63) is 43.0 Å². The standard InChI is InChI=1S/C11H10N2O/c1-14-11-4-2-3-9(5-11)10-6-12-8-13-7-10/h2-8H,1H3. The zero-order valence-corrected chi connectivity index (χ0v) is 7.84. The van der Waals surface area contributed by atoms with Gasteiger partial charge in [0.25, 0.3) is 0 Å². The molecule has 2 rings (SSSR count). The Hall–Kier alpha value is -1.90. The summed E-state index contributed by atoms with van der Waals surface area (Å²) in [4.78, 5) is 7.93. The van der Waals surface area contributed by atoms with Gasteiger partial charge >= 0.3 is 0 Å². The van der Waals surface area contributed by atoms with Gasteiger partial charge in [-0.25, -0.2) is 9.97 Å². The fourth-order valence-corrected chi connectivity index (χ4v) is 1.25. The van der Waals surface area contributed by atoms with Crippen molar-refractivity contribution in [3.8, 4) is 16.9 Å². The average molecular weight is 186 g/mol. The summed E-state index contributed by atoms with van der Waals surface area (Å²) < 4.78 is 5.14. The molecule has 1 aromatic carbocycles. The second kappa shape index (κ2) is 3.87. The third-order valence-corrected chi connectivity index (χ3v) is 1.96. The number of rotatable bonds is 2. The first kappa shape index (κ1) is 8.69. The van der Waals surface area contributed by atoms with Crippen molar-refractivity contribution in [2.45, 2.75) is 0 Å². The van der Waals surface area contributed by atoms with E-state index in [1.54, 1.807) is 19.5 Å². The largest absolute Gasteiger partial charge is 0.497 e. The third kappa shape index (κ3) is 1.71. The monoisotopic (exact) mass is 186 g/mol. The van der Waals surface area contributed by atoms with Crippen LogP contribution < -0.4 is 4.74 Å². The number of hydrogen-bond acceptors (Lipinski definition) is 3. The number of nitrogens with zero attached hydrogens (tertiary/aromatic N) is 2. The van der Waals surface area contributed by atoms with E-state index < -0.39 is 0 Å². The maximum Gasteiger partial charge on any atom is 0.119 e. The zero-order chi connectivity index (χ0) is 9.80. The lowest BCUT2D eigenvalue weighted by molar-refractivity contribution is 0.415. The first-order chi connectivity index (χ1) is 6.90. The van der Waals surface area contributed by atoms with E-state index in [9.17, 15) is 0 Å². The third-order valence-electron chi connectivity index (χ3n) is 1.96. The highest BCUT2D eigenvalue weighted by Gasteiger charge is 1.98. The fraction of sp³-hybridized carbons (Fsp3) is 0.0909. The van der Waals surface area contributed by atoms with Gasteiger partial charge in [0, 0.05) is 18.0 Å². The molecule has 70 valence electrons. The molecule has 1 heterocycles. The molecule has 14 heavy (non-hydrogen) atoms. The van der Waals surface area contributed by atoms with Crippen LogP contribution in [0.4, 0.5) is 0 Å². The molecular formula is C11H10N2O. The Kier molecular flexibility index (Phi) is 2.40. The van der Waals surface area contributed by atoms with E-state index in [4.69, 9.17) is 4.74 Å². The van der Waals surface area contributed by atoms with Crippen molar-refractivity contribution in [2.24, 2.45) is 0 Å². The van der Waals surface area contributed by atoms with Gasteiger partial charge in [-0.3, -0.25) is 0 Å². The summed E-state index contributed by atoms with van der Waals surface area (Å²) in [5.74, 6) is 0.839. The summed E-state index contributed by atoms with van der Waals surface area (Å²) in [5.41, 5.74) is 2.05. The Morgan fingerprint density at radius 1 is 1.07 bits per heavy atom. The van der Waals surface area contributed by atoms with Crippen molar-refractivity contribution in [1.82, 2.24) is 9.97 Å². The minimum Gasteiger partial charge on any atom is -0.497 e. The summed E-state index contributed by atoms with van der Waals surface area (Å²) in [7, 11) is 1.65. The Balaban J connectivity index is 2.42. The number of hydrogen-bond donors (Lipinski definition) is 0. The molecule has 0 aliphatic rings. The molecule has 3 nitrogen and oxygen atoms in total. The minimum absolute atomic E-state index is 0.839. The Morgan fingerprint density at radius 3 is 2.57 bits per heavy atom. The number of methoxy groups -OCH3 is 1. The molecule has 0 radical (unpaired) electrons. The van der Waals surface area contributed by atoms with Gasteiger partial charge < -0.3 is 4.74 Å². The minimum atomic E-state index is 0.839. The lowest BCUT2D eigenvalue weighted by Gasteiger charge is -2.03. The summed E-state index contributed by atoms with van der Waals surface area (Å²) in [5, 5.41) is 0. The van der Waals surface area contributed by atoms with E-state index in [2.05, 4.69) is 9.97 Å². The van der Waals surface area contributed by atoms with Crippen LogP contribution in [0.3, 0.4) is 0 Å². The van der Waals surface area contributed by atoms with Crippen LogP contribution in [0.15, 0.2) is 43.0 Å². The Bertz CT molecular complexity index is 415. The van der Waals surface area contributed by atoms with Crippen LogP contribution in [0.25, 0.3) is 11.1 Å². The van der Waals surface area contributed by atoms with E-state index in [1.165, 1.54) is 6.33 Å². The van der Waals surface area contributed by atoms with Gasteiger partial charge in [-0.15, -0.1) is 0 Å². The van der Waals surface area contributed by atoms with Crippen molar-refractivity contribution >= 4 is 0 Å². The van der Waals surface area contributed by atoms with Gasteiger partial charge in [0.05, 0.1) is 7.11 Å². The molecule has 0 unspecified atom stereocenters. The Morgan fingerprint density at radius 2 is 1.86 bits per heavy atom. The average Bonchev–Trinajstić information content (AvgIpc) is 2.30. The molecule has 0 fully saturated rings. The first-order valence-corrected chi connectivity index (χ1v) is 4.29. The maximum absolute atomic E-state index is 5.14. The molecule has 0 atom stereocenters. The van der Waals surface area contributed by atoms with Crippen molar-refractivity contribution in [3.63, 3.8) is 0 Å². The fourth-order valence-electron chi connectivity index (χ4n) is 1.25. The van der Waals surface area contributed by atoms with Gasteiger partial charge in [-0.05, 0) is 17.7 Å². The lowest BCUT2D eigenvalue weighted by atomic mass is 10.1. The SMILES string of the molecule is COc1cccc(-c2cncnc2)c1. The van der Waals surface area contributed by atoms with Gasteiger partial charge in [-0.1, -0.05) is 12.1 Å². The summed E-state index contributed by atoms with van der Waals surface area (Å²) in [6.45, 7) is 0. The highest BCUT2D eigenvalue weighted by molar-refractivity contribution is 5.63. The van der Waals surface area contributed by atoms with Crippen molar-refractivity contribution < 1.29 is 4.74 Å². The Labute approximate surface area is 82.4 Å². The molecule has 0 saturated heterocycles. The van der Waals surface area contributed by atoms with E-state index >= 15 is 0 Å². The first-order valence-electron chi connectivity index (χ1n) is 4.29. The van der Waals surface area contributed by atoms with Gasteiger partial charge in [0.2, 0.25) is 0 Å². The molecule has 0 aliphatic carbocycles. The molecule has 1 aromatic heterocycles. The molecule has 3 heteroatoms. The second-order valence-electron chi connectivity index (χ2n) is 2.86.